The zero-order valence-corrected chi connectivity index (χ0v) is 10.4. The first-order valence-corrected chi connectivity index (χ1v) is 6.23. The van der Waals surface area contributed by atoms with Crippen LogP contribution >= 0.6 is 0 Å². The normalized spacial score (nSPS) is 22.3. The molecule has 1 rings (SSSR count). The molecule has 0 amide bonds. The Morgan fingerprint density at radius 2 is 2.33 bits per heavy atom. The lowest BCUT2D eigenvalue weighted by Gasteiger charge is -2.08. The third-order valence-corrected chi connectivity index (χ3v) is 2.95. The Hall–Kier alpha value is -1.40. The number of nitrogens with two attached hydrogens (primary N) is 1. The number of carboxylic acid groups (broad SMARTS) is 1. The van der Waals surface area contributed by atoms with E-state index in [0.29, 0.717) is 12.3 Å². The van der Waals surface area contributed by atoms with E-state index in [4.69, 9.17) is 16.0 Å². The van der Waals surface area contributed by atoms with Gasteiger partial charge in [0.15, 0.2) is 0 Å². The van der Waals surface area contributed by atoms with Crippen LogP contribution in [0.2, 0.25) is 0 Å². The number of rotatable bonds is 5. The molecule has 0 aromatic heterocycles. The summed E-state index contributed by atoms with van der Waals surface area (Å²) in [6.45, 7) is 0. The molecule has 6 heteroatoms. The van der Waals surface area contributed by atoms with Crippen LogP contribution in [-0.4, -0.2) is 34.2 Å². The van der Waals surface area contributed by atoms with Crippen LogP contribution in [0.4, 0.5) is 0 Å². The molecule has 1 aliphatic rings. The minimum Gasteiger partial charge on any atom is -0.480 e. The van der Waals surface area contributed by atoms with Crippen LogP contribution in [0.1, 0.15) is 38.5 Å². The highest BCUT2D eigenvalue weighted by atomic mass is 16.5. The zero-order valence-electron chi connectivity index (χ0n) is 10.4. The summed E-state index contributed by atoms with van der Waals surface area (Å²) in [4.78, 5) is 14.9. The quantitative estimate of drug-likeness (QED) is 0.434. The van der Waals surface area contributed by atoms with E-state index in [1.54, 1.807) is 6.08 Å². The highest BCUT2D eigenvalue weighted by Crippen LogP contribution is 2.16. The van der Waals surface area contributed by atoms with E-state index in [1.165, 1.54) is 0 Å². The minimum atomic E-state index is -0.987. The summed E-state index contributed by atoms with van der Waals surface area (Å²) in [5, 5.41) is 17.5. The minimum absolute atomic E-state index is 0.152. The number of carbonyl (C=O) groups is 1. The van der Waals surface area contributed by atoms with E-state index >= 15 is 0 Å². The summed E-state index contributed by atoms with van der Waals surface area (Å²) in [7, 11) is 0. The molecule has 0 aromatic carbocycles. The molecule has 0 bridgehead atoms. The van der Waals surface area contributed by atoms with E-state index in [-0.39, 0.29) is 6.04 Å². The Kier molecular flexibility index (Phi) is 6.38. The SMILES string of the molecule is NC(C/C=C\CC1CCCCC(NO)=N1)C(=O)O. The van der Waals surface area contributed by atoms with Gasteiger partial charge >= 0.3 is 5.97 Å². The Labute approximate surface area is 107 Å². The molecule has 102 valence electrons. The molecule has 1 heterocycles. The summed E-state index contributed by atoms with van der Waals surface area (Å²) in [6, 6.07) is -0.687. The third-order valence-electron chi connectivity index (χ3n) is 2.95. The second kappa shape index (κ2) is 7.84. The Morgan fingerprint density at radius 1 is 1.56 bits per heavy atom. The van der Waals surface area contributed by atoms with Gasteiger partial charge in [0, 0.05) is 6.42 Å². The lowest BCUT2D eigenvalue weighted by molar-refractivity contribution is -0.138. The number of amidine groups is 1. The monoisotopic (exact) mass is 255 g/mol. The molecule has 2 atom stereocenters. The van der Waals surface area contributed by atoms with Gasteiger partial charge in [-0.1, -0.05) is 18.6 Å². The van der Waals surface area contributed by atoms with Gasteiger partial charge in [-0.05, 0) is 25.7 Å². The summed E-state index contributed by atoms with van der Waals surface area (Å²) in [5.74, 6) is -0.355. The molecule has 5 N–H and O–H groups in total. The zero-order chi connectivity index (χ0) is 13.4. The van der Waals surface area contributed by atoms with Gasteiger partial charge in [-0.3, -0.25) is 20.5 Å². The molecule has 0 fully saturated rings. The number of nitrogens with zero attached hydrogens (tertiary/aromatic N) is 1. The predicted molar refractivity (Wildman–Crippen MR) is 68.6 cm³/mol. The predicted octanol–water partition coefficient (Wildman–Crippen LogP) is 1.05. The molecule has 1 aliphatic heterocycles. The van der Waals surface area contributed by atoms with Crippen LogP contribution in [0.25, 0.3) is 0 Å². The fourth-order valence-corrected chi connectivity index (χ4v) is 1.87. The number of nitrogens with one attached hydrogen (secondary N) is 1. The van der Waals surface area contributed by atoms with Gasteiger partial charge in [-0.15, -0.1) is 0 Å². The van der Waals surface area contributed by atoms with Crippen molar-refractivity contribution in [1.82, 2.24) is 5.48 Å². The number of aliphatic carboxylic acids is 1. The van der Waals surface area contributed by atoms with Crippen LogP contribution in [-0.2, 0) is 4.79 Å². The van der Waals surface area contributed by atoms with Crippen molar-refractivity contribution in [2.75, 3.05) is 0 Å². The number of hydroxylamine groups is 1. The lowest BCUT2D eigenvalue weighted by Crippen LogP contribution is -2.29. The maximum Gasteiger partial charge on any atom is 0.320 e. The van der Waals surface area contributed by atoms with Gasteiger partial charge in [-0.2, -0.15) is 0 Å². The topological polar surface area (TPSA) is 108 Å². The van der Waals surface area contributed by atoms with Crippen LogP contribution in [0, 0.1) is 0 Å². The fraction of sp³-hybridized carbons (Fsp3) is 0.667. The van der Waals surface area contributed by atoms with E-state index in [1.807, 2.05) is 6.08 Å². The molecule has 18 heavy (non-hydrogen) atoms. The number of hydrogen-bond donors (Lipinski definition) is 4. The van der Waals surface area contributed by atoms with Crippen LogP contribution in [0.5, 0.6) is 0 Å². The van der Waals surface area contributed by atoms with Crippen molar-refractivity contribution in [3.8, 4) is 0 Å². The Balaban J connectivity index is 2.37. The first kappa shape index (κ1) is 14.7. The first-order chi connectivity index (χ1) is 8.63. The maximum atomic E-state index is 10.5. The van der Waals surface area contributed by atoms with Gasteiger partial charge in [0.05, 0.1) is 6.04 Å². The van der Waals surface area contributed by atoms with Crippen molar-refractivity contribution in [3.63, 3.8) is 0 Å². The van der Waals surface area contributed by atoms with Crippen molar-refractivity contribution in [2.45, 2.75) is 50.6 Å². The number of hydrogen-bond acceptors (Lipinski definition) is 5. The fourth-order valence-electron chi connectivity index (χ4n) is 1.87. The molecule has 0 saturated heterocycles. The average Bonchev–Trinajstić information content (AvgIpc) is 2.59. The van der Waals surface area contributed by atoms with Crippen LogP contribution in [0.3, 0.4) is 0 Å². The second-order valence-electron chi connectivity index (χ2n) is 4.47. The lowest BCUT2D eigenvalue weighted by atomic mass is 10.1. The highest BCUT2D eigenvalue weighted by Gasteiger charge is 2.12. The summed E-state index contributed by atoms with van der Waals surface area (Å²) >= 11 is 0. The van der Waals surface area contributed by atoms with Crippen molar-refractivity contribution in [1.29, 1.82) is 0 Å². The Bertz CT molecular complexity index is 329. The molecule has 0 saturated carbocycles. The largest absolute Gasteiger partial charge is 0.480 e. The third kappa shape index (κ3) is 5.29. The van der Waals surface area contributed by atoms with Gasteiger partial charge < -0.3 is 10.8 Å². The molecule has 2 unspecified atom stereocenters. The molecule has 6 nitrogen and oxygen atoms in total. The van der Waals surface area contributed by atoms with Crippen LogP contribution < -0.4 is 11.2 Å². The number of carboxylic acids is 1. The van der Waals surface area contributed by atoms with Crippen molar-refractivity contribution < 1.29 is 15.1 Å². The molecular weight excluding hydrogens is 234 g/mol. The first-order valence-electron chi connectivity index (χ1n) is 6.23. The van der Waals surface area contributed by atoms with Gasteiger partial charge in [0.2, 0.25) is 0 Å². The van der Waals surface area contributed by atoms with Crippen LogP contribution in [0.15, 0.2) is 17.1 Å². The van der Waals surface area contributed by atoms with E-state index in [9.17, 15) is 4.79 Å². The number of aliphatic imine (C=N–C) groups is 1. The van der Waals surface area contributed by atoms with Gasteiger partial charge in [-0.25, -0.2) is 0 Å². The van der Waals surface area contributed by atoms with Crippen molar-refractivity contribution >= 4 is 11.8 Å². The van der Waals surface area contributed by atoms with E-state index < -0.39 is 12.0 Å². The summed E-state index contributed by atoms with van der Waals surface area (Å²) in [5.41, 5.74) is 7.51. The molecule has 0 spiro atoms. The van der Waals surface area contributed by atoms with E-state index in [0.717, 1.165) is 32.1 Å². The smallest absolute Gasteiger partial charge is 0.320 e. The standard InChI is InChI=1S/C12H21N3O3/c13-10(12(16)17)7-3-1-5-9-6-2-4-8-11(14-9)15-18/h1,3,9-10,18H,2,4-8,13H2,(H,14,15)(H,16,17)/b3-1-. The highest BCUT2D eigenvalue weighted by molar-refractivity contribution is 5.81. The molecule has 0 aromatic rings. The maximum absolute atomic E-state index is 10.5. The summed E-state index contributed by atoms with van der Waals surface area (Å²) < 4.78 is 0. The van der Waals surface area contributed by atoms with Crippen molar-refractivity contribution in [3.05, 3.63) is 12.2 Å². The van der Waals surface area contributed by atoms with Crippen molar-refractivity contribution in [2.24, 2.45) is 10.7 Å². The molecule has 0 radical (unpaired) electrons. The van der Waals surface area contributed by atoms with E-state index in [2.05, 4.69) is 10.5 Å². The van der Waals surface area contributed by atoms with Gasteiger partial charge in [0.25, 0.3) is 0 Å². The summed E-state index contributed by atoms with van der Waals surface area (Å²) in [6.07, 6.45) is 8.65. The van der Waals surface area contributed by atoms with Gasteiger partial charge in [0.1, 0.15) is 11.9 Å². The molecular formula is C12H21N3O3. The second-order valence-corrected chi connectivity index (χ2v) is 4.47. The Morgan fingerprint density at radius 3 is 3.00 bits per heavy atom. The average molecular weight is 255 g/mol. The molecule has 0 aliphatic carbocycles.